The highest BCUT2D eigenvalue weighted by molar-refractivity contribution is 5.77. The maximum atomic E-state index is 4.80. The van der Waals surface area contributed by atoms with E-state index >= 15 is 0 Å². The van der Waals surface area contributed by atoms with Crippen LogP contribution in [0.1, 0.15) is 0 Å². The zero-order valence-corrected chi connectivity index (χ0v) is 14.8. The minimum absolute atomic E-state index is 0.699. The first kappa shape index (κ1) is 16.8. The molecule has 0 spiro atoms. The number of nitrogens with one attached hydrogen (secondary N) is 2. The Hall–Kier alpha value is -3.67. The van der Waals surface area contributed by atoms with Crippen LogP contribution >= 0.6 is 0 Å². The summed E-state index contributed by atoms with van der Waals surface area (Å²) >= 11 is 0. The number of para-hydroxylation sites is 1. The molecule has 0 fully saturated rings. The van der Waals surface area contributed by atoms with E-state index in [1.54, 1.807) is 11.0 Å². The summed E-state index contributed by atoms with van der Waals surface area (Å²) in [5.41, 5.74) is 3.19. The Morgan fingerprint density at radius 3 is 2.37 bits per heavy atom. The number of anilines is 3. The normalized spacial score (nSPS) is 10.5. The van der Waals surface area contributed by atoms with Crippen molar-refractivity contribution >= 4 is 17.3 Å². The van der Waals surface area contributed by atoms with Crippen LogP contribution in [0.25, 0.3) is 11.1 Å². The van der Waals surface area contributed by atoms with Gasteiger partial charge in [-0.2, -0.15) is 5.10 Å². The molecule has 0 radical (unpaired) electrons. The molecule has 6 nitrogen and oxygen atoms in total. The molecule has 0 saturated heterocycles. The second kappa shape index (κ2) is 8.14. The Kier molecular flexibility index (Phi) is 5.06. The molecule has 0 aliphatic heterocycles. The Balaban J connectivity index is 1.58. The van der Waals surface area contributed by atoms with Crippen molar-refractivity contribution in [3.05, 3.63) is 85.5 Å². The highest BCUT2D eigenvalue weighted by Crippen LogP contribution is 2.28. The molecule has 0 aliphatic carbocycles. The van der Waals surface area contributed by atoms with Crippen LogP contribution in [0.5, 0.6) is 0 Å². The largest absolute Gasteiger partial charge is 0.368 e. The van der Waals surface area contributed by atoms with Crippen molar-refractivity contribution < 1.29 is 0 Å². The van der Waals surface area contributed by atoms with E-state index in [2.05, 4.69) is 38.9 Å². The fourth-order valence-electron chi connectivity index (χ4n) is 2.82. The van der Waals surface area contributed by atoms with Gasteiger partial charge in [-0.25, -0.2) is 9.97 Å². The van der Waals surface area contributed by atoms with Crippen molar-refractivity contribution in [3.63, 3.8) is 0 Å². The average molecular weight is 356 g/mol. The molecular formula is C21H20N6. The summed E-state index contributed by atoms with van der Waals surface area (Å²) in [7, 11) is 0. The molecule has 0 atom stereocenters. The molecule has 6 heteroatoms. The van der Waals surface area contributed by atoms with Crippen molar-refractivity contribution in [2.75, 3.05) is 17.2 Å². The van der Waals surface area contributed by atoms with Crippen molar-refractivity contribution in [3.8, 4) is 11.1 Å². The van der Waals surface area contributed by atoms with Crippen molar-refractivity contribution in [1.82, 2.24) is 19.7 Å². The molecule has 2 heterocycles. The first-order valence-corrected chi connectivity index (χ1v) is 8.83. The summed E-state index contributed by atoms with van der Waals surface area (Å²) < 4.78 is 1.79. The number of hydrogen-bond acceptors (Lipinski definition) is 5. The third kappa shape index (κ3) is 4.30. The maximum Gasteiger partial charge on any atom is 0.137 e. The molecule has 134 valence electrons. The van der Waals surface area contributed by atoms with Crippen molar-refractivity contribution in [1.29, 1.82) is 0 Å². The zero-order valence-electron chi connectivity index (χ0n) is 14.8. The van der Waals surface area contributed by atoms with Gasteiger partial charge in [-0.1, -0.05) is 48.5 Å². The number of rotatable bonds is 7. The average Bonchev–Trinajstić information content (AvgIpc) is 3.23. The minimum atomic E-state index is 0.699. The first-order chi connectivity index (χ1) is 13.4. The zero-order chi connectivity index (χ0) is 18.3. The summed E-state index contributed by atoms with van der Waals surface area (Å²) in [5.74, 6) is 1.63. The fourth-order valence-corrected chi connectivity index (χ4v) is 2.82. The molecule has 4 aromatic rings. The SMILES string of the molecule is c1ccc(Nc2ccc(-c3ccccc3)c(NCCn3cncn3)n2)cc1. The highest BCUT2D eigenvalue weighted by atomic mass is 15.3. The Bertz CT molecular complexity index is 968. The Morgan fingerprint density at radius 1 is 0.852 bits per heavy atom. The van der Waals surface area contributed by atoms with Gasteiger partial charge in [0.2, 0.25) is 0 Å². The molecule has 27 heavy (non-hydrogen) atoms. The van der Waals surface area contributed by atoms with E-state index in [-0.39, 0.29) is 0 Å². The first-order valence-electron chi connectivity index (χ1n) is 8.83. The Labute approximate surface area is 157 Å². The lowest BCUT2D eigenvalue weighted by molar-refractivity contribution is 0.635. The van der Waals surface area contributed by atoms with Gasteiger partial charge in [0.1, 0.15) is 24.3 Å². The van der Waals surface area contributed by atoms with E-state index in [9.17, 15) is 0 Å². The number of benzene rings is 2. The summed E-state index contributed by atoms with van der Waals surface area (Å²) in [5, 5.41) is 10.9. The molecule has 0 aliphatic rings. The van der Waals surface area contributed by atoms with E-state index in [4.69, 9.17) is 4.98 Å². The molecule has 0 unspecified atom stereocenters. The van der Waals surface area contributed by atoms with Crippen molar-refractivity contribution in [2.24, 2.45) is 0 Å². The minimum Gasteiger partial charge on any atom is -0.368 e. The molecule has 0 bridgehead atoms. The van der Waals surface area contributed by atoms with Gasteiger partial charge in [0.05, 0.1) is 6.54 Å². The van der Waals surface area contributed by atoms with Gasteiger partial charge in [0.25, 0.3) is 0 Å². The molecule has 0 saturated carbocycles. The monoisotopic (exact) mass is 356 g/mol. The highest BCUT2D eigenvalue weighted by Gasteiger charge is 2.08. The molecule has 4 rings (SSSR count). The third-order valence-corrected chi connectivity index (χ3v) is 4.13. The van der Waals surface area contributed by atoms with Crippen molar-refractivity contribution in [2.45, 2.75) is 6.54 Å². The Morgan fingerprint density at radius 2 is 1.63 bits per heavy atom. The van der Waals surface area contributed by atoms with Gasteiger partial charge >= 0.3 is 0 Å². The predicted molar refractivity (Wildman–Crippen MR) is 108 cm³/mol. The van der Waals surface area contributed by atoms with Crippen LogP contribution in [0.15, 0.2) is 85.5 Å². The second-order valence-corrected chi connectivity index (χ2v) is 6.04. The van der Waals surface area contributed by atoms with Crippen LogP contribution < -0.4 is 10.6 Å². The van der Waals surface area contributed by atoms with Crippen LogP contribution in [-0.2, 0) is 6.54 Å². The fraction of sp³-hybridized carbons (Fsp3) is 0.0952. The van der Waals surface area contributed by atoms with Gasteiger partial charge in [0.15, 0.2) is 0 Å². The lowest BCUT2D eigenvalue weighted by atomic mass is 10.1. The second-order valence-electron chi connectivity index (χ2n) is 6.04. The molecule has 2 N–H and O–H groups in total. The standard InChI is InChI=1S/C21H20N6/c1-3-7-17(8-4-1)19-11-12-20(25-18-9-5-2-6-10-18)26-21(19)23-13-14-27-16-22-15-24-27/h1-12,15-16H,13-14H2,(H2,23,25,26). The van der Waals surface area contributed by atoms with Gasteiger partial charge in [-0.3, -0.25) is 4.68 Å². The molecule has 2 aromatic heterocycles. The van der Waals surface area contributed by atoms with Crippen LogP contribution in [0.3, 0.4) is 0 Å². The topological polar surface area (TPSA) is 67.7 Å². The van der Waals surface area contributed by atoms with Gasteiger partial charge in [0, 0.05) is 17.8 Å². The van der Waals surface area contributed by atoms with E-state index in [0.29, 0.717) is 13.1 Å². The van der Waals surface area contributed by atoms with E-state index in [1.807, 2.05) is 54.6 Å². The lowest BCUT2D eigenvalue weighted by Gasteiger charge is -2.14. The molecule has 2 aromatic carbocycles. The summed E-state index contributed by atoms with van der Waals surface area (Å²) in [6.07, 6.45) is 3.25. The van der Waals surface area contributed by atoms with Crippen LogP contribution in [-0.4, -0.2) is 26.3 Å². The van der Waals surface area contributed by atoms with E-state index in [0.717, 1.165) is 28.5 Å². The quantitative estimate of drug-likeness (QED) is 0.519. The third-order valence-electron chi connectivity index (χ3n) is 4.13. The van der Waals surface area contributed by atoms with E-state index < -0.39 is 0 Å². The number of pyridine rings is 1. The van der Waals surface area contributed by atoms with Gasteiger partial charge in [-0.05, 0) is 29.8 Å². The lowest BCUT2D eigenvalue weighted by Crippen LogP contribution is -2.12. The van der Waals surface area contributed by atoms with E-state index in [1.165, 1.54) is 6.33 Å². The number of aromatic nitrogens is 4. The molecule has 0 amide bonds. The van der Waals surface area contributed by atoms with Crippen LogP contribution in [0.2, 0.25) is 0 Å². The van der Waals surface area contributed by atoms with Crippen LogP contribution in [0, 0.1) is 0 Å². The molecular weight excluding hydrogens is 336 g/mol. The van der Waals surface area contributed by atoms with Gasteiger partial charge < -0.3 is 10.6 Å². The maximum absolute atomic E-state index is 4.80. The van der Waals surface area contributed by atoms with Gasteiger partial charge in [-0.15, -0.1) is 0 Å². The summed E-state index contributed by atoms with van der Waals surface area (Å²) in [6.45, 7) is 1.41. The number of nitrogens with zero attached hydrogens (tertiary/aromatic N) is 4. The smallest absolute Gasteiger partial charge is 0.137 e. The predicted octanol–water partition coefficient (Wildman–Crippen LogP) is 4.20. The van der Waals surface area contributed by atoms with Crippen LogP contribution in [0.4, 0.5) is 17.3 Å². The summed E-state index contributed by atoms with van der Waals surface area (Å²) in [4.78, 5) is 8.77. The number of hydrogen-bond donors (Lipinski definition) is 2. The summed E-state index contributed by atoms with van der Waals surface area (Å²) in [6, 6.07) is 24.4.